The van der Waals surface area contributed by atoms with Crippen LogP contribution in [0.25, 0.3) is 0 Å². The Kier molecular flexibility index (Phi) is 6.68. The van der Waals surface area contributed by atoms with Crippen molar-refractivity contribution < 1.29 is 0 Å². The monoisotopic (exact) mass is 266 g/mol. The normalized spacial score (nSPS) is 27.5. The number of thioether (sulfide) groups is 1. The van der Waals surface area contributed by atoms with Gasteiger partial charge in [-0.25, -0.2) is 0 Å². The molecule has 0 saturated heterocycles. The van der Waals surface area contributed by atoms with Gasteiger partial charge in [-0.15, -0.1) is 0 Å². The molecule has 0 bridgehead atoms. The molecule has 0 fully saturated rings. The van der Waals surface area contributed by atoms with Crippen LogP contribution in [0.15, 0.2) is 11.1 Å². The van der Waals surface area contributed by atoms with Crippen LogP contribution in [0.1, 0.15) is 77.6 Å². The Morgan fingerprint density at radius 3 is 2.61 bits per heavy atom. The Hall–Kier alpha value is 0.0900. The molecular weight excluding hydrogens is 236 g/mol. The first-order valence-corrected chi connectivity index (χ1v) is 9.35. The lowest BCUT2D eigenvalue weighted by Crippen LogP contribution is -2.13. The van der Waals surface area contributed by atoms with Crippen molar-refractivity contribution in [1.29, 1.82) is 0 Å². The minimum absolute atomic E-state index is 0.948. The summed E-state index contributed by atoms with van der Waals surface area (Å²) in [5.74, 6) is 3.69. The molecule has 1 atom stereocenters. The average Bonchev–Trinajstić information content (AvgIpc) is 2.44. The molecule has 1 aliphatic carbocycles. The minimum Gasteiger partial charge on any atom is -0.157 e. The highest BCUT2D eigenvalue weighted by Gasteiger charge is 2.20. The summed E-state index contributed by atoms with van der Waals surface area (Å²) in [7, 11) is 0. The van der Waals surface area contributed by atoms with Crippen LogP contribution in [-0.4, -0.2) is 11.5 Å². The van der Waals surface area contributed by atoms with Crippen molar-refractivity contribution >= 4 is 11.8 Å². The molecule has 2 rings (SSSR count). The molecule has 0 aromatic carbocycles. The smallest absolute Gasteiger partial charge is 0.0146 e. The van der Waals surface area contributed by atoms with Gasteiger partial charge in [0.2, 0.25) is 0 Å². The van der Waals surface area contributed by atoms with E-state index in [9.17, 15) is 0 Å². The molecule has 0 aromatic rings. The first-order chi connectivity index (χ1) is 8.92. The topological polar surface area (TPSA) is 0 Å². The van der Waals surface area contributed by atoms with Crippen molar-refractivity contribution in [3.8, 4) is 0 Å². The highest BCUT2D eigenvalue weighted by molar-refractivity contribution is 7.99. The van der Waals surface area contributed by atoms with Crippen LogP contribution in [0.2, 0.25) is 0 Å². The first-order valence-electron chi connectivity index (χ1n) is 8.20. The van der Waals surface area contributed by atoms with Crippen molar-refractivity contribution in [3.05, 3.63) is 11.1 Å². The van der Waals surface area contributed by atoms with Crippen LogP contribution in [0, 0.1) is 5.92 Å². The molecule has 1 aliphatic heterocycles. The van der Waals surface area contributed by atoms with E-state index in [1.807, 2.05) is 11.1 Å². The third-order valence-electron chi connectivity index (χ3n) is 4.66. The van der Waals surface area contributed by atoms with Crippen molar-refractivity contribution in [2.75, 3.05) is 11.5 Å². The minimum atomic E-state index is 0.948. The summed E-state index contributed by atoms with van der Waals surface area (Å²) in [5.41, 5.74) is 3.78. The molecule has 1 unspecified atom stereocenters. The second-order valence-corrected chi connectivity index (χ2v) is 7.18. The first kappa shape index (κ1) is 14.5. The zero-order chi connectivity index (χ0) is 12.6. The van der Waals surface area contributed by atoms with E-state index in [1.165, 1.54) is 82.1 Å². The zero-order valence-corrected chi connectivity index (χ0v) is 13.0. The van der Waals surface area contributed by atoms with Gasteiger partial charge < -0.3 is 0 Å². The Morgan fingerprint density at radius 2 is 1.78 bits per heavy atom. The van der Waals surface area contributed by atoms with Crippen molar-refractivity contribution in [3.63, 3.8) is 0 Å². The molecule has 0 saturated carbocycles. The molecule has 2 aliphatic rings. The summed E-state index contributed by atoms with van der Waals surface area (Å²) in [6.45, 7) is 2.36. The lowest BCUT2D eigenvalue weighted by molar-refractivity contribution is 0.463. The van der Waals surface area contributed by atoms with E-state index < -0.39 is 0 Å². The van der Waals surface area contributed by atoms with Crippen LogP contribution in [0.5, 0.6) is 0 Å². The van der Waals surface area contributed by atoms with E-state index in [4.69, 9.17) is 0 Å². The molecule has 1 heteroatoms. The Balaban J connectivity index is 2.09. The summed E-state index contributed by atoms with van der Waals surface area (Å²) in [4.78, 5) is 0. The molecule has 18 heavy (non-hydrogen) atoms. The van der Waals surface area contributed by atoms with Gasteiger partial charge in [0, 0.05) is 5.75 Å². The van der Waals surface area contributed by atoms with Crippen molar-refractivity contribution in [2.45, 2.75) is 77.6 Å². The highest BCUT2D eigenvalue weighted by atomic mass is 32.2. The van der Waals surface area contributed by atoms with E-state index >= 15 is 0 Å². The number of allylic oxidation sites excluding steroid dienone is 1. The largest absolute Gasteiger partial charge is 0.157 e. The lowest BCUT2D eigenvalue weighted by Gasteiger charge is -2.27. The summed E-state index contributed by atoms with van der Waals surface area (Å²) in [6.07, 6.45) is 16.0. The fraction of sp³-hybridized carbons (Fsp3) is 0.882. The predicted molar refractivity (Wildman–Crippen MR) is 84.3 cm³/mol. The predicted octanol–water partition coefficient (Wildman–Crippen LogP) is 5.97. The van der Waals surface area contributed by atoms with E-state index in [0.29, 0.717) is 0 Å². The van der Waals surface area contributed by atoms with E-state index in [2.05, 4.69) is 18.7 Å². The molecule has 0 amide bonds. The maximum absolute atomic E-state index is 2.36. The van der Waals surface area contributed by atoms with Crippen LogP contribution >= 0.6 is 11.8 Å². The Morgan fingerprint density at radius 1 is 1.00 bits per heavy atom. The highest BCUT2D eigenvalue weighted by Crippen LogP contribution is 2.36. The Labute approximate surface area is 118 Å². The number of hydrogen-bond acceptors (Lipinski definition) is 1. The van der Waals surface area contributed by atoms with Crippen LogP contribution in [0.3, 0.4) is 0 Å². The maximum atomic E-state index is 2.36. The van der Waals surface area contributed by atoms with Gasteiger partial charge >= 0.3 is 0 Å². The second-order valence-electron chi connectivity index (χ2n) is 6.08. The van der Waals surface area contributed by atoms with E-state index in [0.717, 1.165) is 5.92 Å². The van der Waals surface area contributed by atoms with Gasteiger partial charge in [-0.05, 0) is 43.8 Å². The summed E-state index contributed by atoms with van der Waals surface area (Å²) >= 11 is 2.18. The Bertz CT molecular complexity index is 267. The van der Waals surface area contributed by atoms with Gasteiger partial charge in [-0.3, -0.25) is 0 Å². The van der Waals surface area contributed by atoms with Crippen LogP contribution < -0.4 is 0 Å². The molecule has 104 valence electrons. The van der Waals surface area contributed by atoms with Gasteiger partial charge in [0.1, 0.15) is 0 Å². The summed E-state index contributed by atoms with van der Waals surface area (Å²) < 4.78 is 0. The van der Waals surface area contributed by atoms with Gasteiger partial charge in [0.05, 0.1) is 0 Å². The van der Waals surface area contributed by atoms with Gasteiger partial charge in [0.25, 0.3) is 0 Å². The van der Waals surface area contributed by atoms with E-state index in [-0.39, 0.29) is 0 Å². The quantitative estimate of drug-likeness (QED) is 0.555. The fourth-order valence-electron chi connectivity index (χ4n) is 3.65. The molecule has 0 nitrogen and oxygen atoms in total. The van der Waals surface area contributed by atoms with Crippen LogP contribution in [-0.2, 0) is 0 Å². The van der Waals surface area contributed by atoms with Gasteiger partial charge in [-0.2, -0.15) is 11.8 Å². The molecular formula is C17H30S. The van der Waals surface area contributed by atoms with Gasteiger partial charge in [0.15, 0.2) is 0 Å². The maximum Gasteiger partial charge on any atom is 0.0146 e. The van der Waals surface area contributed by atoms with Crippen LogP contribution in [0.4, 0.5) is 0 Å². The number of hydrogen-bond donors (Lipinski definition) is 0. The summed E-state index contributed by atoms with van der Waals surface area (Å²) in [6, 6.07) is 0. The second kappa shape index (κ2) is 8.30. The molecule has 0 spiro atoms. The number of rotatable bonds is 2. The SMILES string of the molecule is CCCC1CCCCCCCCC2=C1CCSC2. The van der Waals surface area contributed by atoms with Crippen molar-refractivity contribution in [1.82, 2.24) is 0 Å². The molecule has 1 heterocycles. The third-order valence-corrected chi connectivity index (χ3v) is 5.70. The molecule has 0 N–H and O–H groups in total. The molecule has 0 radical (unpaired) electrons. The third kappa shape index (κ3) is 4.33. The fourth-order valence-corrected chi connectivity index (χ4v) is 4.73. The standard InChI is InChI=1S/C17H30S/c1-2-9-15-10-7-5-3-4-6-8-11-16-14-18-13-12-17(15)16/h15H,2-14H2,1H3. The lowest BCUT2D eigenvalue weighted by atomic mass is 9.84. The zero-order valence-electron chi connectivity index (χ0n) is 12.2. The van der Waals surface area contributed by atoms with E-state index in [1.54, 1.807) is 0 Å². The van der Waals surface area contributed by atoms with Gasteiger partial charge in [-0.1, -0.05) is 56.6 Å². The molecule has 0 aromatic heterocycles. The summed E-state index contributed by atoms with van der Waals surface area (Å²) in [5, 5.41) is 0. The van der Waals surface area contributed by atoms with Crippen molar-refractivity contribution in [2.24, 2.45) is 5.92 Å². The average molecular weight is 266 g/mol.